The molecule has 0 amide bonds. The van der Waals surface area contributed by atoms with E-state index in [1.807, 2.05) is 6.07 Å². The number of benzene rings is 1. The fourth-order valence-corrected chi connectivity index (χ4v) is 4.05. The minimum atomic E-state index is -0.700. The van der Waals surface area contributed by atoms with E-state index in [2.05, 4.69) is 15.0 Å². The van der Waals surface area contributed by atoms with Gasteiger partial charge in [-0.15, -0.1) is 0 Å². The number of aromatic nitrogens is 4. The van der Waals surface area contributed by atoms with Crippen molar-refractivity contribution >= 4 is 22.8 Å². The third-order valence-electron chi connectivity index (χ3n) is 5.31. The SMILES string of the molecule is COc1ccc(C2OC3C(O2)[C@@H](CO)OC3n2cnc3c(Cl)ncnc32)c(OC)c1. The number of halogens is 1. The number of fused-ring (bicyclic) bond motifs is 2. The molecule has 30 heavy (non-hydrogen) atoms. The predicted molar refractivity (Wildman–Crippen MR) is 103 cm³/mol. The maximum atomic E-state index is 9.84. The van der Waals surface area contributed by atoms with Gasteiger partial charge in [-0.3, -0.25) is 4.57 Å². The molecule has 2 aliphatic rings. The number of aliphatic hydroxyl groups is 1. The van der Waals surface area contributed by atoms with E-state index < -0.39 is 30.8 Å². The number of aliphatic hydroxyl groups excluding tert-OH is 1. The van der Waals surface area contributed by atoms with Crippen molar-refractivity contribution in [2.24, 2.45) is 0 Å². The second-order valence-electron chi connectivity index (χ2n) is 6.88. The Morgan fingerprint density at radius 2 is 1.93 bits per heavy atom. The Balaban J connectivity index is 1.49. The maximum Gasteiger partial charge on any atom is 0.188 e. The van der Waals surface area contributed by atoms with Gasteiger partial charge >= 0.3 is 0 Å². The number of methoxy groups -OCH3 is 2. The summed E-state index contributed by atoms with van der Waals surface area (Å²) in [6.45, 7) is -0.226. The van der Waals surface area contributed by atoms with Gasteiger partial charge in [0.25, 0.3) is 0 Å². The highest BCUT2D eigenvalue weighted by Crippen LogP contribution is 2.46. The van der Waals surface area contributed by atoms with Gasteiger partial charge < -0.3 is 28.8 Å². The molecule has 3 aromatic rings. The number of hydrogen-bond acceptors (Lipinski definition) is 9. The van der Waals surface area contributed by atoms with Crippen LogP contribution in [-0.4, -0.2) is 63.8 Å². The summed E-state index contributed by atoms with van der Waals surface area (Å²) < 4.78 is 30.8. The van der Waals surface area contributed by atoms with Crippen LogP contribution in [0.5, 0.6) is 11.5 Å². The molecule has 4 heterocycles. The topological polar surface area (TPSA) is 110 Å². The summed E-state index contributed by atoms with van der Waals surface area (Å²) in [5.74, 6) is 1.23. The zero-order chi connectivity index (χ0) is 20.8. The van der Waals surface area contributed by atoms with Crippen molar-refractivity contribution in [3.63, 3.8) is 0 Å². The van der Waals surface area contributed by atoms with Gasteiger partial charge in [-0.25, -0.2) is 15.0 Å². The number of rotatable bonds is 5. The molecule has 5 atom stereocenters. The van der Waals surface area contributed by atoms with Crippen molar-refractivity contribution in [2.75, 3.05) is 20.8 Å². The molecule has 2 saturated heterocycles. The van der Waals surface area contributed by atoms with Crippen LogP contribution in [0, 0.1) is 0 Å². The normalized spacial score (nSPS) is 28.1. The van der Waals surface area contributed by atoms with Crippen molar-refractivity contribution in [1.82, 2.24) is 19.5 Å². The average molecular weight is 435 g/mol. The number of nitrogens with zero attached hydrogens (tertiary/aromatic N) is 4. The van der Waals surface area contributed by atoms with Gasteiger partial charge in [0, 0.05) is 6.07 Å². The first-order chi connectivity index (χ1) is 14.6. The number of hydrogen-bond donors (Lipinski definition) is 1. The second-order valence-corrected chi connectivity index (χ2v) is 7.24. The summed E-state index contributed by atoms with van der Waals surface area (Å²) in [6, 6.07) is 5.39. The highest BCUT2D eigenvalue weighted by Gasteiger charge is 2.54. The van der Waals surface area contributed by atoms with E-state index in [0.29, 0.717) is 28.2 Å². The minimum absolute atomic E-state index is 0.226. The Bertz CT molecular complexity index is 1080. The molecule has 2 aliphatic heterocycles. The highest BCUT2D eigenvalue weighted by atomic mass is 35.5. The predicted octanol–water partition coefficient (Wildman–Crippen LogP) is 1.87. The van der Waals surface area contributed by atoms with Gasteiger partial charge in [0.05, 0.1) is 32.7 Å². The molecular formula is C19H19ClN4O6. The third-order valence-corrected chi connectivity index (χ3v) is 5.59. The molecule has 10 nitrogen and oxygen atoms in total. The molecule has 0 spiro atoms. The summed E-state index contributed by atoms with van der Waals surface area (Å²) in [7, 11) is 3.15. The molecule has 0 radical (unpaired) electrons. The summed E-state index contributed by atoms with van der Waals surface area (Å²) in [5.41, 5.74) is 1.68. The quantitative estimate of drug-likeness (QED) is 0.601. The summed E-state index contributed by atoms with van der Waals surface area (Å²) in [5, 5.41) is 10.1. The summed E-state index contributed by atoms with van der Waals surface area (Å²) in [6.07, 6.45) is 0.0278. The molecule has 0 bridgehead atoms. The minimum Gasteiger partial charge on any atom is -0.497 e. The molecule has 1 N–H and O–H groups in total. The van der Waals surface area contributed by atoms with Crippen LogP contribution in [0.4, 0.5) is 0 Å². The standard InChI is InChI=1S/C19H19ClN4O6/c1-26-9-3-4-10(11(5-9)27-2)19-29-14-12(6-25)28-18(15(14)30-19)24-8-23-13-16(20)21-7-22-17(13)24/h3-5,7-8,12,14-15,18-19,25H,6H2,1-2H3/t12-,14?,15?,18?,19?/m1/s1. The van der Waals surface area contributed by atoms with Gasteiger partial charge in [-0.2, -0.15) is 0 Å². The summed E-state index contributed by atoms with van der Waals surface area (Å²) in [4.78, 5) is 12.5. The monoisotopic (exact) mass is 434 g/mol. The third kappa shape index (κ3) is 2.99. The molecule has 158 valence electrons. The van der Waals surface area contributed by atoms with Crippen molar-refractivity contribution in [3.8, 4) is 11.5 Å². The molecule has 11 heteroatoms. The lowest BCUT2D eigenvalue weighted by molar-refractivity contribution is -0.153. The van der Waals surface area contributed by atoms with Gasteiger partial charge in [0.1, 0.15) is 41.7 Å². The van der Waals surface area contributed by atoms with Crippen LogP contribution in [0.1, 0.15) is 18.1 Å². The largest absolute Gasteiger partial charge is 0.497 e. The average Bonchev–Trinajstić information content (AvgIpc) is 3.47. The van der Waals surface area contributed by atoms with Gasteiger partial charge in [0.2, 0.25) is 0 Å². The van der Waals surface area contributed by atoms with Crippen LogP contribution >= 0.6 is 11.6 Å². The fourth-order valence-electron chi connectivity index (χ4n) is 3.88. The highest BCUT2D eigenvalue weighted by molar-refractivity contribution is 6.33. The molecule has 2 aromatic heterocycles. The van der Waals surface area contributed by atoms with Crippen LogP contribution in [0.2, 0.25) is 5.15 Å². The number of imidazole rings is 1. The van der Waals surface area contributed by atoms with Crippen LogP contribution in [-0.2, 0) is 14.2 Å². The molecule has 5 rings (SSSR count). The van der Waals surface area contributed by atoms with Crippen molar-refractivity contribution in [2.45, 2.75) is 30.8 Å². The first kappa shape index (κ1) is 19.5. The summed E-state index contributed by atoms with van der Waals surface area (Å²) >= 11 is 6.12. The Kier molecular flexibility index (Phi) is 4.95. The van der Waals surface area contributed by atoms with Crippen LogP contribution in [0.15, 0.2) is 30.9 Å². The zero-order valence-corrected chi connectivity index (χ0v) is 16.9. The lowest BCUT2D eigenvalue weighted by Gasteiger charge is -2.21. The Hall–Kier alpha value is -2.50. The van der Waals surface area contributed by atoms with E-state index in [0.717, 1.165) is 0 Å². The molecular weight excluding hydrogens is 416 g/mol. The lowest BCUT2D eigenvalue weighted by Crippen LogP contribution is -2.30. The van der Waals surface area contributed by atoms with E-state index in [-0.39, 0.29) is 11.8 Å². The van der Waals surface area contributed by atoms with Crippen LogP contribution in [0.25, 0.3) is 11.2 Å². The Morgan fingerprint density at radius 1 is 1.10 bits per heavy atom. The van der Waals surface area contributed by atoms with Crippen molar-refractivity contribution < 1.29 is 28.8 Å². The van der Waals surface area contributed by atoms with E-state index in [9.17, 15) is 5.11 Å². The zero-order valence-electron chi connectivity index (χ0n) is 16.1. The van der Waals surface area contributed by atoms with Crippen molar-refractivity contribution in [1.29, 1.82) is 0 Å². The first-order valence-corrected chi connectivity index (χ1v) is 9.64. The van der Waals surface area contributed by atoms with Gasteiger partial charge in [-0.1, -0.05) is 11.6 Å². The maximum absolute atomic E-state index is 9.84. The smallest absolute Gasteiger partial charge is 0.188 e. The van der Waals surface area contributed by atoms with Gasteiger partial charge in [0.15, 0.2) is 23.3 Å². The van der Waals surface area contributed by atoms with E-state index in [4.69, 9.17) is 35.3 Å². The molecule has 0 aliphatic carbocycles. The van der Waals surface area contributed by atoms with Crippen LogP contribution in [0.3, 0.4) is 0 Å². The molecule has 1 aromatic carbocycles. The fraction of sp³-hybridized carbons (Fsp3) is 0.421. The first-order valence-electron chi connectivity index (χ1n) is 9.26. The van der Waals surface area contributed by atoms with E-state index in [1.54, 1.807) is 37.2 Å². The Morgan fingerprint density at radius 3 is 2.70 bits per heavy atom. The lowest BCUT2D eigenvalue weighted by atomic mass is 10.1. The van der Waals surface area contributed by atoms with Gasteiger partial charge in [-0.05, 0) is 12.1 Å². The molecule has 4 unspecified atom stereocenters. The van der Waals surface area contributed by atoms with E-state index in [1.165, 1.54) is 6.33 Å². The van der Waals surface area contributed by atoms with Crippen molar-refractivity contribution in [3.05, 3.63) is 41.6 Å². The Labute approximate surface area is 176 Å². The second kappa shape index (κ2) is 7.64. The van der Waals surface area contributed by atoms with Crippen LogP contribution < -0.4 is 9.47 Å². The number of ether oxygens (including phenoxy) is 5. The molecule has 0 saturated carbocycles. The molecule has 2 fully saturated rings. The van der Waals surface area contributed by atoms with E-state index >= 15 is 0 Å².